The lowest BCUT2D eigenvalue weighted by Crippen LogP contribution is -2.13. The Bertz CT molecular complexity index is 388. The number of rotatable bonds is 1. The molecular formula is C10H8F2O2. The number of carbonyl (C=O) groups excluding carboxylic acids is 1. The molecule has 1 aliphatic heterocycles. The van der Waals surface area contributed by atoms with Gasteiger partial charge in [-0.2, -0.15) is 0 Å². The van der Waals surface area contributed by atoms with Gasteiger partial charge in [-0.3, -0.25) is 4.79 Å². The minimum Gasteiger partial charge on any atom is -0.492 e. The number of carbonyl (C=O) groups is 1. The van der Waals surface area contributed by atoms with Crippen molar-refractivity contribution in [2.75, 3.05) is 6.61 Å². The molecule has 1 heterocycles. The molecule has 0 unspecified atom stereocenters. The molecule has 0 spiro atoms. The number of aldehydes is 1. The number of halogens is 2. The van der Waals surface area contributed by atoms with E-state index in [1.165, 1.54) is 0 Å². The first-order chi connectivity index (χ1) is 6.74. The van der Waals surface area contributed by atoms with Gasteiger partial charge in [0, 0.05) is 11.6 Å². The van der Waals surface area contributed by atoms with Crippen molar-refractivity contribution in [3.8, 4) is 5.75 Å². The van der Waals surface area contributed by atoms with Crippen molar-refractivity contribution in [2.45, 2.75) is 12.8 Å². The van der Waals surface area contributed by atoms with Gasteiger partial charge in [-0.25, -0.2) is 8.78 Å². The fourth-order valence-corrected chi connectivity index (χ4v) is 1.59. The van der Waals surface area contributed by atoms with Crippen LogP contribution in [0.5, 0.6) is 5.75 Å². The zero-order chi connectivity index (χ0) is 10.1. The standard InChI is InChI=1S/C10H8F2O2/c11-8-4-9(12)7(5-13)10-6(8)2-1-3-14-10/h4-5H,1-3H2. The summed E-state index contributed by atoms with van der Waals surface area (Å²) < 4.78 is 31.4. The monoisotopic (exact) mass is 198 g/mol. The van der Waals surface area contributed by atoms with Gasteiger partial charge in [-0.15, -0.1) is 0 Å². The minimum absolute atomic E-state index is 0.0729. The van der Waals surface area contributed by atoms with Gasteiger partial charge < -0.3 is 4.74 Å². The maximum atomic E-state index is 13.2. The first-order valence-electron chi connectivity index (χ1n) is 4.33. The van der Waals surface area contributed by atoms with Gasteiger partial charge in [-0.05, 0) is 12.8 Å². The molecular weight excluding hydrogens is 190 g/mol. The highest BCUT2D eigenvalue weighted by Gasteiger charge is 2.21. The Balaban J connectivity index is 2.67. The Morgan fingerprint density at radius 1 is 1.36 bits per heavy atom. The fraction of sp³-hybridized carbons (Fsp3) is 0.300. The molecule has 0 saturated heterocycles. The van der Waals surface area contributed by atoms with E-state index in [0.29, 0.717) is 31.3 Å². The van der Waals surface area contributed by atoms with Crippen LogP contribution in [0.3, 0.4) is 0 Å². The van der Waals surface area contributed by atoms with E-state index in [-0.39, 0.29) is 11.3 Å². The largest absolute Gasteiger partial charge is 0.492 e. The molecule has 74 valence electrons. The van der Waals surface area contributed by atoms with Gasteiger partial charge in [0.2, 0.25) is 0 Å². The van der Waals surface area contributed by atoms with Gasteiger partial charge in [0.1, 0.15) is 17.4 Å². The molecule has 1 aromatic carbocycles. The lowest BCUT2D eigenvalue weighted by molar-refractivity contribution is 0.111. The summed E-state index contributed by atoms with van der Waals surface area (Å²) in [5, 5.41) is 0. The van der Waals surface area contributed by atoms with Crippen LogP contribution >= 0.6 is 0 Å². The molecule has 0 N–H and O–H groups in total. The molecule has 2 nitrogen and oxygen atoms in total. The quantitative estimate of drug-likeness (QED) is 0.646. The van der Waals surface area contributed by atoms with Gasteiger partial charge in [0.05, 0.1) is 12.2 Å². The van der Waals surface area contributed by atoms with Crippen molar-refractivity contribution in [1.29, 1.82) is 0 Å². The number of benzene rings is 1. The van der Waals surface area contributed by atoms with Crippen LogP contribution in [-0.2, 0) is 6.42 Å². The van der Waals surface area contributed by atoms with Gasteiger partial charge in [0.15, 0.2) is 6.29 Å². The highest BCUT2D eigenvalue weighted by molar-refractivity contribution is 5.81. The van der Waals surface area contributed by atoms with Gasteiger partial charge in [-0.1, -0.05) is 0 Å². The van der Waals surface area contributed by atoms with E-state index in [0.717, 1.165) is 6.07 Å². The summed E-state index contributed by atoms with van der Waals surface area (Å²) in [7, 11) is 0. The smallest absolute Gasteiger partial charge is 0.156 e. The van der Waals surface area contributed by atoms with Crippen LogP contribution in [-0.4, -0.2) is 12.9 Å². The van der Waals surface area contributed by atoms with Crippen molar-refractivity contribution in [1.82, 2.24) is 0 Å². The van der Waals surface area contributed by atoms with Crippen molar-refractivity contribution in [3.05, 3.63) is 28.8 Å². The predicted molar refractivity (Wildman–Crippen MR) is 45.6 cm³/mol. The first-order valence-corrected chi connectivity index (χ1v) is 4.33. The summed E-state index contributed by atoms with van der Waals surface area (Å²) in [4.78, 5) is 10.6. The molecule has 0 aromatic heterocycles. The molecule has 0 aliphatic carbocycles. The molecule has 0 fully saturated rings. The number of hydrogen-bond acceptors (Lipinski definition) is 2. The molecule has 1 aromatic rings. The Morgan fingerprint density at radius 3 is 2.86 bits per heavy atom. The highest BCUT2D eigenvalue weighted by Crippen LogP contribution is 2.31. The van der Waals surface area contributed by atoms with Crippen LogP contribution in [0.15, 0.2) is 6.07 Å². The predicted octanol–water partition coefficient (Wildman–Crippen LogP) is 2.10. The van der Waals surface area contributed by atoms with Crippen molar-refractivity contribution < 1.29 is 18.3 Å². The second kappa shape index (κ2) is 3.36. The first kappa shape index (κ1) is 9.12. The Morgan fingerprint density at radius 2 is 2.14 bits per heavy atom. The third-order valence-electron chi connectivity index (χ3n) is 2.25. The maximum absolute atomic E-state index is 13.2. The van der Waals surface area contributed by atoms with Crippen LogP contribution in [0, 0.1) is 11.6 Å². The van der Waals surface area contributed by atoms with E-state index in [1.54, 1.807) is 0 Å². The van der Waals surface area contributed by atoms with Crippen LogP contribution in [0.1, 0.15) is 22.3 Å². The summed E-state index contributed by atoms with van der Waals surface area (Å²) in [6.07, 6.45) is 1.54. The molecule has 14 heavy (non-hydrogen) atoms. The SMILES string of the molecule is O=Cc1c(F)cc(F)c2c1OCCC2. The second-order valence-corrected chi connectivity index (χ2v) is 3.13. The molecule has 0 atom stereocenters. The molecule has 4 heteroatoms. The van der Waals surface area contributed by atoms with Crippen molar-refractivity contribution >= 4 is 6.29 Å². The number of ether oxygens (including phenoxy) is 1. The molecule has 1 aliphatic rings. The van der Waals surface area contributed by atoms with Crippen LogP contribution in [0.4, 0.5) is 8.78 Å². The second-order valence-electron chi connectivity index (χ2n) is 3.13. The summed E-state index contributed by atoms with van der Waals surface area (Å²) in [5.41, 5.74) is 0.126. The van der Waals surface area contributed by atoms with Crippen LogP contribution in [0.25, 0.3) is 0 Å². The average Bonchev–Trinajstić information content (AvgIpc) is 2.18. The van der Waals surface area contributed by atoms with Crippen LogP contribution < -0.4 is 4.74 Å². The summed E-state index contributed by atoms with van der Waals surface area (Å²) in [6, 6.07) is 0.733. The van der Waals surface area contributed by atoms with Gasteiger partial charge >= 0.3 is 0 Å². The summed E-state index contributed by atoms with van der Waals surface area (Å²) >= 11 is 0. The summed E-state index contributed by atoms with van der Waals surface area (Å²) in [5.74, 6) is -1.43. The van der Waals surface area contributed by atoms with E-state index in [9.17, 15) is 13.6 Å². The number of hydrogen-bond donors (Lipinski definition) is 0. The van der Waals surface area contributed by atoms with Gasteiger partial charge in [0.25, 0.3) is 0 Å². The fourth-order valence-electron chi connectivity index (χ4n) is 1.59. The Kier molecular flexibility index (Phi) is 2.19. The molecule has 0 radical (unpaired) electrons. The Hall–Kier alpha value is -1.45. The third-order valence-corrected chi connectivity index (χ3v) is 2.25. The molecule has 2 rings (SSSR count). The van der Waals surface area contributed by atoms with E-state index in [2.05, 4.69) is 0 Å². The Labute approximate surface area is 79.5 Å². The van der Waals surface area contributed by atoms with Crippen molar-refractivity contribution in [2.24, 2.45) is 0 Å². The van der Waals surface area contributed by atoms with Crippen molar-refractivity contribution in [3.63, 3.8) is 0 Å². The van der Waals surface area contributed by atoms with E-state index < -0.39 is 11.6 Å². The normalized spacial score (nSPS) is 14.4. The minimum atomic E-state index is -0.863. The zero-order valence-electron chi connectivity index (χ0n) is 7.35. The zero-order valence-corrected chi connectivity index (χ0v) is 7.35. The molecule has 0 amide bonds. The molecule has 0 saturated carbocycles. The third kappa shape index (κ3) is 1.27. The topological polar surface area (TPSA) is 26.3 Å². The van der Waals surface area contributed by atoms with E-state index in [4.69, 9.17) is 4.74 Å². The highest BCUT2D eigenvalue weighted by atomic mass is 19.1. The number of fused-ring (bicyclic) bond motifs is 1. The molecule has 0 bridgehead atoms. The summed E-state index contributed by atoms with van der Waals surface area (Å²) in [6.45, 7) is 0.400. The lowest BCUT2D eigenvalue weighted by Gasteiger charge is -2.19. The average molecular weight is 198 g/mol. The van der Waals surface area contributed by atoms with Crippen LogP contribution in [0.2, 0.25) is 0 Å². The lowest BCUT2D eigenvalue weighted by atomic mass is 10.0. The van der Waals surface area contributed by atoms with E-state index >= 15 is 0 Å². The van der Waals surface area contributed by atoms with E-state index in [1.807, 2.05) is 0 Å². The maximum Gasteiger partial charge on any atom is 0.156 e.